The molecule has 0 heterocycles. The van der Waals surface area contributed by atoms with Crippen LogP contribution < -0.4 is 11.1 Å². The molecule has 0 bridgehead atoms. The summed E-state index contributed by atoms with van der Waals surface area (Å²) in [4.78, 5) is 14.2. The van der Waals surface area contributed by atoms with E-state index in [1.807, 2.05) is 14.1 Å². The number of carbonyl (C=O) groups excluding carboxylic acids is 1. The summed E-state index contributed by atoms with van der Waals surface area (Å²) in [6, 6.07) is 0.361. The Hall–Kier alpha value is -0.0300. The lowest BCUT2D eigenvalue weighted by Crippen LogP contribution is -2.47. The van der Waals surface area contributed by atoms with Crippen LogP contribution in [0.5, 0.6) is 0 Å². The van der Waals surface area contributed by atoms with Crippen LogP contribution in [0.3, 0.4) is 0 Å². The van der Waals surface area contributed by atoms with E-state index in [1.54, 1.807) is 0 Å². The second-order valence-electron chi connectivity index (χ2n) is 5.21. The summed E-state index contributed by atoms with van der Waals surface area (Å²) in [5, 5.41) is 3.04. The van der Waals surface area contributed by atoms with Gasteiger partial charge < -0.3 is 16.0 Å². The maximum Gasteiger partial charge on any atom is 0.227 e. The summed E-state index contributed by atoms with van der Waals surface area (Å²) in [5.41, 5.74) is 5.49. The van der Waals surface area contributed by atoms with Gasteiger partial charge in [-0.05, 0) is 33.9 Å². The van der Waals surface area contributed by atoms with Crippen LogP contribution >= 0.6 is 24.8 Å². The van der Waals surface area contributed by atoms with Gasteiger partial charge in [-0.15, -0.1) is 24.8 Å². The molecule has 0 aliphatic heterocycles. The van der Waals surface area contributed by atoms with Gasteiger partial charge in [0, 0.05) is 19.1 Å². The molecule has 18 heavy (non-hydrogen) atoms. The molecule has 110 valence electrons. The highest BCUT2D eigenvalue weighted by Crippen LogP contribution is 2.37. The average molecular weight is 300 g/mol. The first-order valence-electron chi connectivity index (χ1n) is 6.16. The molecule has 1 aliphatic rings. The van der Waals surface area contributed by atoms with Crippen LogP contribution in [-0.2, 0) is 4.79 Å². The molecule has 3 N–H and O–H groups in total. The van der Waals surface area contributed by atoms with Crippen LogP contribution in [0.15, 0.2) is 0 Å². The maximum absolute atomic E-state index is 12.1. The van der Waals surface area contributed by atoms with Crippen LogP contribution in [0, 0.1) is 5.41 Å². The highest BCUT2D eigenvalue weighted by Gasteiger charge is 2.39. The molecule has 0 aromatic carbocycles. The molecule has 1 atom stereocenters. The standard InChI is InChI=1S/C12H25N3O.2ClH/c1-10(15(2)3)8-14-11(16)12(9-13)6-4-5-7-12;;/h10H,4-9,13H2,1-3H3,(H,14,16);2*1H. The number of hydrogen-bond donors (Lipinski definition) is 2. The SMILES string of the molecule is CC(CNC(=O)C1(CN)CCCC1)N(C)C.Cl.Cl. The Balaban J connectivity index is 0. The maximum atomic E-state index is 12.1. The summed E-state index contributed by atoms with van der Waals surface area (Å²) in [7, 11) is 4.04. The van der Waals surface area contributed by atoms with Crippen LogP contribution in [0.4, 0.5) is 0 Å². The van der Waals surface area contributed by atoms with Gasteiger partial charge in [-0.2, -0.15) is 0 Å². The first-order valence-corrected chi connectivity index (χ1v) is 6.16. The van der Waals surface area contributed by atoms with Gasteiger partial charge in [0.1, 0.15) is 0 Å². The quantitative estimate of drug-likeness (QED) is 0.807. The van der Waals surface area contributed by atoms with Gasteiger partial charge in [0.05, 0.1) is 5.41 Å². The van der Waals surface area contributed by atoms with Gasteiger partial charge in [-0.1, -0.05) is 12.8 Å². The Bertz CT molecular complexity index is 243. The predicted octanol–water partition coefficient (Wildman–Crippen LogP) is 1.42. The lowest BCUT2D eigenvalue weighted by Gasteiger charge is -2.28. The molecule has 0 aromatic heterocycles. The second kappa shape index (κ2) is 8.97. The van der Waals surface area contributed by atoms with E-state index in [-0.39, 0.29) is 36.1 Å². The van der Waals surface area contributed by atoms with Crippen molar-refractivity contribution in [1.29, 1.82) is 0 Å². The van der Waals surface area contributed by atoms with Crippen molar-refractivity contribution in [3.05, 3.63) is 0 Å². The zero-order valence-electron chi connectivity index (χ0n) is 11.6. The Morgan fingerprint density at radius 3 is 2.22 bits per heavy atom. The number of amides is 1. The van der Waals surface area contributed by atoms with E-state index >= 15 is 0 Å². The Labute approximate surface area is 123 Å². The minimum Gasteiger partial charge on any atom is -0.354 e. The van der Waals surface area contributed by atoms with Crippen molar-refractivity contribution in [2.24, 2.45) is 11.1 Å². The highest BCUT2D eigenvalue weighted by atomic mass is 35.5. The van der Waals surface area contributed by atoms with Gasteiger partial charge >= 0.3 is 0 Å². The number of halogens is 2. The lowest BCUT2D eigenvalue weighted by atomic mass is 9.85. The van der Waals surface area contributed by atoms with E-state index < -0.39 is 0 Å². The van der Waals surface area contributed by atoms with Gasteiger partial charge in [0.15, 0.2) is 0 Å². The van der Waals surface area contributed by atoms with E-state index in [4.69, 9.17) is 5.73 Å². The molecule has 0 radical (unpaired) electrons. The number of nitrogens with two attached hydrogens (primary N) is 1. The third-order valence-corrected chi connectivity index (χ3v) is 3.87. The molecule has 1 amide bonds. The number of rotatable bonds is 5. The van der Waals surface area contributed by atoms with E-state index in [9.17, 15) is 4.79 Å². The molecule has 6 heteroatoms. The van der Waals surface area contributed by atoms with Crippen molar-refractivity contribution >= 4 is 30.7 Å². The monoisotopic (exact) mass is 299 g/mol. The summed E-state index contributed by atoms with van der Waals surface area (Å²) in [6.45, 7) is 3.28. The van der Waals surface area contributed by atoms with E-state index in [0.29, 0.717) is 19.1 Å². The highest BCUT2D eigenvalue weighted by molar-refractivity contribution is 5.85. The van der Waals surface area contributed by atoms with Crippen molar-refractivity contribution in [2.75, 3.05) is 27.2 Å². The first kappa shape index (κ1) is 20.3. The minimum absolute atomic E-state index is 0. The molecule has 4 nitrogen and oxygen atoms in total. The number of nitrogens with zero attached hydrogens (tertiary/aromatic N) is 1. The lowest BCUT2D eigenvalue weighted by molar-refractivity contribution is -0.130. The number of likely N-dealkylation sites (N-methyl/N-ethyl adjacent to an activating group) is 1. The molecule has 0 aromatic rings. The molecule has 1 aliphatic carbocycles. The Morgan fingerprint density at radius 2 is 1.83 bits per heavy atom. The Morgan fingerprint density at radius 1 is 1.33 bits per heavy atom. The summed E-state index contributed by atoms with van der Waals surface area (Å²) in [5.74, 6) is 0.154. The molecule has 1 rings (SSSR count). The summed E-state index contributed by atoms with van der Waals surface area (Å²) in [6.07, 6.45) is 4.17. The van der Waals surface area contributed by atoms with Crippen molar-refractivity contribution in [3.63, 3.8) is 0 Å². The summed E-state index contributed by atoms with van der Waals surface area (Å²) < 4.78 is 0. The third-order valence-electron chi connectivity index (χ3n) is 3.87. The molecule has 0 spiro atoms. The van der Waals surface area contributed by atoms with Gasteiger partial charge in [0.2, 0.25) is 5.91 Å². The fourth-order valence-corrected chi connectivity index (χ4v) is 2.19. The number of hydrogen-bond acceptors (Lipinski definition) is 3. The molecular formula is C12H27Cl2N3O. The molecule has 0 saturated heterocycles. The van der Waals surface area contributed by atoms with Gasteiger partial charge in [0.25, 0.3) is 0 Å². The molecule has 1 fully saturated rings. The number of carbonyl (C=O) groups is 1. The first-order chi connectivity index (χ1) is 7.52. The molecule has 1 unspecified atom stereocenters. The largest absolute Gasteiger partial charge is 0.354 e. The van der Waals surface area contributed by atoms with Gasteiger partial charge in [-0.3, -0.25) is 4.79 Å². The molecule has 1 saturated carbocycles. The third kappa shape index (κ3) is 4.92. The van der Waals surface area contributed by atoms with Crippen molar-refractivity contribution in [2.45, 2.75) is 38.6 Å². The van der Waals surface area contributed by atoms with Crippen LogP contribution in [-0.4, -0.2) is 44.0 Å². The normalized spacial score (nSPS) is 18.7. The van der Waals surface area contributed by atoms with Crippen molar-refractivity contribution in [1.82, 2.24) is 10.2 Å². The van der Waals surface area contributed by atoms with Crippen LogP contribution in [0.2, 0.25) is 0 Å². The Kier molecular flexibility index (Phi) is 10.1. The van der Waals surface area contributed by atoms with Crippen LogP contribution in [0.1, 0.15) is 32.6 Å². The fraction of sp³-hybridized carbons (Fsp3) is 0.917. The van der Waals surface area contributed by atoms with Crippen molar-refractivity contribution < 1.29 is 4.79 Å². The van der Waals surface area contributed by atoms with E-state index in [1.165, 1.54) is 0 Å². The minimum atomic E-state index is -0.272. The van der Waals surface area contributed by atoms with Crippen molar-refractivity contribution in [3.8, 4) is 0 Å². The molecular weight excluding hydrogens is 273 g/mol. The smallest absolute Gasteiger partial charge is 0.227 e. The summed E-state index contributed by atoms with van der Waals surface area (Å²) >= 11 is 0. The predicted molar refractivity (Wildman–Crippen MR) is 80.6 cm³/mol. The topological polar surface area (TPSA) is 58.4 Å². The zero-order chi connectivity index (χ0) is 12.2. The number of nitrogens with one attached hydrogen (secondary N) is 1. The van der Waals surface area contributed by atoms with Gasteiger partial charge in [-0.25, -0.2) is 0 Å². The van der Waals surface area contributed by atoms with Crippen LogP contribution in [0.25, 0.3) is 0 Å². The average Bonchev–Trinajstić information content (AvgIpc) is 2.74. The van der Waals surface area contributed by atoms with E-state index in [0.717, 1.165) is 25.7 Å². The zero-order valence-corrected chi connectivity index (χ0v) is 13.2. The second-order valence-corrected chi connectivity index (χ2v) is 5.21. The van der Waals surface area contributed by atoms with E-state index in [2.05, 4.69) is 17.1 Å². The fourth-order valence-electron chi connectivity index (χ4n) is 2.19.